The van der Waals surface area contributed by atoms with Crippen molar-refractivity contribution in [2.75, 3.05) is 13.2 Å². The van der Waals surface area contributed by atoms with Gasteiger partial charge in [-0.25, -0.2) is 0 Å². The molecular weight excluding hydrogens is 280 g/mol. The number of aliphatic hydroxyl groups is 1. The van der Waals surface area contributed by atoms with Gasteiger partial charge in [0.1, 0.15) is 5.56 Å². The second-order valence-corrected chi connectivity index (χ2v) is 5.22. The highest BCUT2D eigenvalue weighted by Crippen LogP contribution is 2.18. The van der Waals surface area contributed by atoms with Crippen LogP contribution in [0, 0.1) is 6.92 Å². The first-order valence-electron chi connectivity index (χ1n) is 7.25. The van der Waals surface area contributed by atoms with Crippen LogP contribution in [0.4, 0.5) is 0 Å². The normalized spacial score (nSPS) is 11.9. The molecule has 0 bridgehead atoms. The monoisotopic (exact) mass is 300 g/mol. The Labute approximate surface area is 129 Å². The summed E-state index contributed by atoms with van der Waals surface area (Å²) >= 11 is 0. The zero-order chi connectivity index (χ0) is 15.9. The number of carbonyl (C=O) groups is 1. The number of hydrogen-bond donors (Lipinski definition) is 3. The van der Waals surface area contributed by atoms with Crippen LogP contribution in [-0.4, -0.2) is 29.1 Å². The summed E-state index contributed by atoms with van der Waals surface area (Å²) in [6.07, 6.45) is 1.98. The van der Waals surface area contributed by atoms with Crippen LogP contribution in [0.15, 0.2) is 47.4 Å². The maximum Gasteiger partial charge on any atom is 0.256 e. The smallest absolute Gasteiger partial charge is 0.256 e. The fraction of sp³-hybridized carbons (Fsp3) is 0.294. The lowest BCUT2D eigenvalue weighted by atomic mass is 9.96. The fourth-order valence-corrected chi connectivity index (χ4v) is 2.33. The Balaban J connectivity index is 2.06. The zero-order valence-corrected chi connectivity index (χ0v) is 12.5. The predicted octanol–water partition coefficient (Wildman–Crippen LogP) is 1.58. The average molecular weight is 300 g/mol. The molecule has 0 aliphatic carbocycles. The first-order chi connectivity index (χ1) is 10.6. The first kappa shape index (κ1) is 16.0. The Hall–Kier alpha value is -2.40. The summed E-state index contributed by atoms with van der Waals surface area (Å²) in [6, 6.07) is 11.1. The predicted molar refractivity (Wildman–Crippen MR) is 85.0 cm³/mol. The Morgan fingerprint density at radius 1 is 1.32 bits per heavy atom. The minimum atomic E-state index is -0.403. The van der Waals surface area contributed by atoms with Gasteiger partial charge in [0.15, 0.2) is 5.43 Å². The summed E-state index contributed by atoms with van der Waals surface area (Å²) in [7, 11) is 0. The Kier molecular flexibility index (Phi) is 5.49. The summed E-state index contributed by atoms with van der Waals surface area (Å²) in [4.78, 5) is 26.8. The van der Waals surface area contributed by atoms with E-state index in [1.54, 1.807) is 6.92 Å². The molecule has 1 amide bonds. The van der Waals surface area contributed by atoms with Crippen LogP contribution >= 0.6 is 0 Å². The molecule has 22 heavy (non-hydrogen) atoms. The molecule has 3 N–H and O–H groups in total. The van der Waals surface area contributed by atoms with Crippen molar-refractivity contribution in [1.29, 1.82) is 0 Å². The van der Waals surface area contributed by atoms with E-state index in [-0.39, 0.29) is 23.5 Å². The molecule has 0 aliphatic heterocycles. The van der Waals surface area contributed by atoms with Crippen LogP contribution < -0.4 is 10.7 Å². The van der Waals surface area contributed by atoms with Crippen molar-refractivity contribution in [3.05, 3.63) is 69.6 Å². The Bertz CT molecular complexity index is 680. The van der Waals surface area contributed by atoms with Crippen molar-refractivity contribution in [3.63, 3.8) is 0 Å². The van der Waals surface area contributed by atoms with E-state index >= 15 is 0 Å². The molecule has 5 heteroatoms. The fourth-order valence-electron chi connectivity index (χ4n) is 2.33. The third-order valence-corrected chi connectivity index (χ3v) is 3.56. The molecule has 2 rings (SSSR count). The Morgan fingerprint density at radius 3 is 2.68 bits per heavy atom. The van der Waals surface area contributed by atoms with Crippen molar-refractivity contribution in [2.45, 2.75) is 19.3 Å². The molecule has 5 nitrogen and oxygen atoms in total. The van der Waals surface area contributed by atoms with Gasteiger partial charge in [-0.1, -0.05) is 30.3 Å². The lowest BCUT2D eigenvalue weighted by molar-refractivity contribution is 0.0948. The highest BCUT2D eigenvalue weighted by Gasteiger charge is 2.15. The molecule has 0 saturated heterocycles. The van der Waals surface area contributed by atoms with Gasteiger partial charge in [-0.3, -0.25) is 9.59 Å². The molecule has 1 aromatic heterocycles. The van der Waals surface area contributed by atoms with E-state index in [2.05, 4.69) is 10.3 Å². The van der Waals surface area contributed by atoms with Gasteiger partial charge < -0.3 is 15.4 Å². The largest absolute Gasteiger partial charge is 0.396 e. The number of aromatic amines is 1. The number of aryl methyl sites for hydroxylation is 1. The quantitative estimate of drug-likeness (QED) is 0.757. The van der Waals surface area contributed by atoms with Crippen molar-refractivity contribution in [1.82, 2.24) is 10.3 Å². The lowest BCUT2D eigenvalue weighted by Gasteiger charge is -2.17. The number of hydrogen-bond acceptors (Lipinski definition) is 3. The summed E-state index contributed by atoms with van der Waals surface area (Å²) in [5.74, 6) is -0.389. The first-order valence-corrected chi connectivity index (χ1v) is 7.25. The molecule has 0 aliphatic rings. The van der Waals surface area contributed by atoms with Gasteiger partial charge in [0.05, 0.1) is 0 Å². The molecular formula is C17H20N2O3. The summed E-state index contributed by atoms with van der Waals surface area (Å²) in [5, 5.41) is 12.0. The summed E-state index contributed by atoms with van der Waals surface area (Å²) < 4.78 is 0. The second-order valence-electron chi connectivity index (χ2n) is 5.22. The Morgan fingerprint density at radius 2 is 2.05 bits per heavy atom. The number of pyridine rings is 1. The maximum atomic E-state index is 12.1. The van der Waals surface area contributed by atoms with E-state index < -0.39 is 5.91 Å². The van der Waals surface area contributed by atoms with E-state index in [0.717, 1.165) is 5.56 Å². The van der Waals surface area contributed by atoms with Crippen LogP contribution in [0.1, 0.15) is 34.0 Å². The molecule has 1 aromatic carbocycles. The minimum absolute atomic E-state index is 0.0136. The van der Waals surface area contributed by atoms with Gasteiger partial charge in [0.25, 0.3) is 5.91 Å². The van der Waals surface area contributed by atoms with Crippen LogP contribution in [-0.2, 0) is 0 Å². The van der Waals surface area contributed by atoms with Gasteiger partial charge in [0.2, 0.25) is 0 Å². The number of amides is 1. The van der Waals surface area contributed by atoms with Gasteiger partial charge >= 0.3 is 0 Å². The standard InChI is InChI=1S/C17H20N2O3/c1-12-9-16(21)15(11-18-12)17(22)19-10-14(7-8-20)13-5-3-2-4-6-13/h2-6,9,11,14,20H,7-8,10H2,1H3,(H,18,21)(H,19,22). The average Bonchev–Trinajstić information content (AvgIpc) is 2.52. The molecule has 0 saturated carbocycles. The lowest BCUT2D eigenvalue weighted by Crippen LogP contribution is -2.32. The van der Waals surface area contributed by atoms with Crippen molar-refractivity contribution in [2.24, 2.45) is 0 Å². The van der Waals surface area contributed by atoms with E-state index in [0.29, 0.717) is 18.7 Å². The van der Waals surface area contributed by atoms with Gasteiger partial charge in [-0.2, -0.15) is 0 Å². The molecule has 2 aromatic rings. The molecule has 1 heterocycles. The van der Waals surface area contributed by atoms with Gasteiger partial charge in [0, 0.05) is 37.0 Å². The molecule has 1 atom stereocenters. The number of benzene rings is 1. The van der Waals surface area contributed by atoms with E-state index in [9.17, 15) is 14.7 Å². The number of aromatic nitrogens is 1. The maximum absolute atomic E-state index is 12.1. The zero-order valence-electron chi connectivity index (χ0n) is 12.5. The third kappa shape index (κ3) is 4.05. The topological polar surface area (TPSA) is 82.2 Å². The number of carbonyl (C=O) groups excluding carboxylic acids is 1. The van der Waals surface area contributed by atoms with Crippen LogP contribution in [0.3, 0.4) is 0 Å². The second kappa shape index (κ2) is 7.56. The van der Waals surface area contributed by atoms with Crippen molar-refractivity contribution < 1.29 is 9.90 Å². The third-order valence-electron chi connectivity index (χ3n) is 3.56. The van der Waals surface area contributed by atoms with Crippen LogP contribution in [0.2, 0.25) is 0 Å². The highest BCUT2D eigenvalue weighted by atomic mass is 16.3. The molecule has 0 spiro atoms. The SMILES string of the molecule is Cc1cc(=O)c(C(=O)NCC(CCO)c2ccccc2)c[nH]1. The number of nitrogens with one attached hydrogen (secondary N) is 2. The summed E-state index contributed by atoms with van der Waals surface area (Å²) in [5.41, 5.74) is 1.56. The highest BCUT2D eigenvalue weighted by molar-refractivity contribution is 5.93. The van der Waals surface area contributed by atoms with Gasteiger partial charge in [-0.15, -0.1) is 0 Å². The molecule has 116 valence electrons. The van der Waals surface area contributed by atoms with Crippen molar-refractivity contribution in [3.8, 4) is 0 Å². The van der Waals surface area contributed by atoms with Crippen LogP contribution in [0.25, 0.3) is 0 Å². The molecule has 0 radical (unpaired) electrons. The van der Waals surface area contributed by atoms with Gasteiger partial charge in [-0.05, 0) is 18.9 Å². The minimum Gasteiger partial charge on any atom is -0.396 e. The number of aliphatic hydroxyl groups excluding tert-OH is 1. The number of H-pyrrole nitrogens is 1. The number of rotatable bonds is 6. The van der Waals surface area contributed by atoms with Crippen molar-refractivity contribution >= 4 is 5.91 Å². The van der Waals surface area contributed by atoms with E-state index in [1.807, 2.05) is 30.3 Å². The molecule has 1 unspecified atom stereocenters. The summed E-state index contributed by atoms with van der Waals surface area (Å²) in [6.45, 7) is 2.17. The van der Waals surface area contributed by atoms with E-state index in [1.165, 1.54) is 12.3 Å². The van der Waals surface area contributed by atoms with E-state index in [4.69, 9.17) is 0 Å². The molecule has 0 fully saturated rings. The van der Waals surface area contributed by atoms with Crippen LogP contribution in [0.5, 0.6) is 0 Å².